The number of nitrogens with two attached hydrogens (primary N) is 1. The van der Waals surface area contributed by atoms with Crippen molar-refractivity contribution in [2.75, 3.05) is 5.73 Å². The molecule has 2 aromatic carbocycles. The second kappa shape index (κ2) is 7.99. The molecule has 0 saturated carbocycles. The number of ether oxygens (including phenoxy) is 1. The highest BCUT2D eigenvalue weighted by atomic mass is 35.5. The van der Waals surface area contributed by atoms with Crippen molar-refractivity contribution in [2.24, 2.45) is 0 Å². The summed E-state index contributed by atoms with van der Waals surface area (Å²) in [5, 5.41) is 0.270. The summed E-state index contributed by atoms with van der Waals surface area (Å²) in [5.74, 6) is -1.46. The van der Waals surface area contributed by atoms with Gasteiger partial charge in [0.15, 0.2) is 0 Å². The van der Waals surface area contributed by atoms with Crippen LogP contribution in [0.1, 0.15) is 28.8 Å². The monoisotopic (exact) mass is 351 g/mol. The Labute approximate surface area is 144 Å². The summed E-state index contributed by atoms with van der Waals surface area (Å²) in [4.78, 5) is 23.7. The van der Waals surface area contributed by atoms with Gasteiger partial charge in [0.2, 0.25) is 0 Å². The van der Waals surface area contributed by atoms with Gasteiger partial charge in [0.05, 0.1) is 16.3 Å². The molecular formula is C17H15Cl2NO3. The second-order valence-corrected chi connectivity index (χ2v) is 5.77. The maximum atomic E-state index is 12.0. The van der Waals surface area contributed by atoms with Crippen molar-refractivity contribution in [1.29, 1.82) is 0 Å². The van der Waals surface area contributed by atoms with Gasteiger partial charge in [0.25, 0.3) is 0 Å². The van der Waals surface area contributed by atoms with E-state index in [9.17, 15) is 9.59 Å². The average Bonchev–Trinajstić information content (AvgIpc) is 2.51. The molecule has 120 valence electrons. The number of halogens is 2. The van der Waals surface area contributed by atoms with Gasteiger partial charge in [-0.1, -0.05) is 53.5 Å². The number of esters is 2. The quantitative estimate of drug-likeness (QED) is 0.495. The number of hydrogen-bond acceptors (Lipinski definition) is 4. The third-order valence-corrected chi connectivity index (χ3v) is 3.82. The average molecular weight is 352 g/mol. The number of anilines is 1. The maximum absolute atomic E-state index is 12.0. The molecule has 0 radical (unpaired) electrons. The largest absolute Gasteiger partial charge is 0.397 e. The summed E-state index contributed by atoms with van der Waals surface area (Å²) in [7, 11) is 0. The van der Waals surface area contributed by atoms with Gasteiger partial charge in [-0.2, -0.15) is 0 Å². The predicted molar refractivity (Wildman–Crippen MR) is 90.7 cm³/mol. The molecule has 2 rings (SSSR count). The van der Waals surface area contributed by atoms with E-state index in [0.717, 1.165) is 12.0 Å². The standard InChI is InChI=1S/C17H15Cl2NO3/c18-12-9-13(16(19)14(20)10-12)17(22)23-15(21)8-4-7-11-5-2-1-3-6-11/h1-3,5-6,9-10H,4,7-8,20H2. The van der Waals surface area contributed by atoms with Crippen LogP contribution in [0.2, 0.25) is 10.0 Å². The number of aryl methyl sites for hydroxylation is 1. The minimum atomic E-state index is -0.853. The van der Waals surface area contributed by atoms with Crippen LogP contribution >= 0.6 is 23.2 Å². The summed E-state index contributed by atoms with van der Waals surface area (Å²) in [6, 6.07) is 12.5. The Morgan fingerprint density at radius 1 is 1.09 bits per heavy atom. The molecule has 0 aliphatic carbocycles. The van der Waals surface area contributed by atoms with Crippen molar-refractivity contribution in [3.05, 3.63) is 63.6 Å². The van der Waals surface area contributed by atoms with Crippen LogP contribution in [0.4, 0.5) is 5.69 Å². The lowest BCUT2D eigenvalue weighted by molar-refractivity contribution is -0.138. The highest BCUT2D eigenvalue weighted by Crippen LogP contribution is 2.28. The van der Waals surface area contributed by atoms with Gasteiger partial charge in [0.1, 0.15) is 0 Å². The normalized spacial score (nSPS) is 10.3. The Morgan fingerprint density at radius 3 is 2.48 bits per heavy atom. The fraction of sp³-hybridized carbons (Fsp3) is 0.176. The molecule has 0 aliphatic rings. The third kappa shape index (κ3) is 4.98. The third-order valence-electron chi connectivity index (χ3n) is 3.18. The second-order valence-electron chi connectivity index (χ2n) is 4.96. The number of rotatable bonds is 5. The highest BCUT2D eigenvalue weighted by Gasteiger charge is 2.18. The first-order valence-electron chi connectivity index (χ1n) is 7.01. The number of carbonyl (C=O) groups is 2. The van der Waals surface area contributed by atoms with Gasteiger partial charge in [-0.15, -0.1) is 0 Å². The van der Waals surface area contributed by atoms with Gasteiger partial charge in [-0.3, -0.25) is 4.79 Å². The molecule has 2 N–H and O–H groups in total. The molecule has 0 unspecified atom stereocenters. The Kier molecular flexibility index (Phi) is 6.02. The molecule has 2 aromatic rings. The Bertz CT molecular complexity index is 717. The predicted octanol–water partition coefficient (Wildman–Crippen LogP) is 4.28. The fourth-order valence-corrected chi connectivity index (χ4v) is 2.46. The number of benzene rings is 2. The van der Waals surface area contributed by atoms with Gasteiger partial charge in [0, 0.05) is 11.4 Å². The molecule has 0 amide bonds. The molecular weight excluding hydrogens is 337 g/mol. The fourth-order valence-electron chi connectivity index (χ4n) is 2.05. The Balaban J connectivity index is 1.89. The molecule has 0 aliphatic heterocycles. The van der Waals surface area contributed by atoms with Gasteiger partial charge in [-0.25, -0.2) is 4.79 Å². The molecule has 0 spiro atoms. The molecule has 0 saturated heterocycles. The molecule has 0 aromatic heterocycles. The topological polar surface area (TPSA) is 69.4 Å². The van der Waals surface area contributed by atoms with Crippen LogP contribution in [0.25, 0.3) is 0 Å². The summed E-state index contributed by atoms with van der Waals surface area (Å²) in [5.41, 5.74) is 6.88. The number of nitrogen functional groups attached to an aromatic ring is 1. The molecule has 0 heterocycles. The van der Waals surface area contributed by atoms with E-state index >= 15 is 0 Å². The van der Waals surface area contributed by atoms with E-state index in [2.05, 4.69) is 0 Å². The van der Waals surface area contributed by atoms with E-state index in [1.54, 1.807) is 0 Å². The van der Waals surface area contributed by atoms with Crippen molar-refractivity contribution < 1.29 is 14.3 Å². The Hall–Kier alpha value is -2.04. The SMILES string of the molecule is Nc1cc(Cl)cc(C(=O)OC(=O)CCCc2ccccc2)c1Cl. The van der Waals surface area contributed by atoms with Crippen molar-refractivity contribution in [3.8, 4) is 0 Å². The van der Waals surface area contributed by atoms with E-state index < -0.39 is 11.9 Å². The lowest BCUT2D eigenvalue weighted by Gasteiger charge is -2.07. The number of carbonyl (C=O) groups excluding carboxylic acids is 2. The van der Waals surface area contributed by atoms with E-state index in [-0.39, 0.29) is 27.7 Å². The Morgan fingerprint density at radius 2 is 1.78 bits per heavy atom. The minimum absolute atomic E-state index is 0.0203. The van der Waals surface area contributed by atoms with Crippen molar-refractivity contribution in [1.82, 2.24) is 0 Å². The van der Waals surface area contributed by atoms with Crippen LogP contribution in [0.3, 0.4) is 0 Å². The maximum Gasteiger partial charge on any atom is 0.347 e. The van der Waals surface area contributed by atoms with Gasteiger partial charge >= 0.3 is 11.9 Å². The molecule has 4 nitrogen and oxygen atoms in total. The summed E-state index contributed by atoms with van der Waals surface area (Å²) in [6.07, 6.45) is 1.45. The van der Waals surface area contributed by atoms with E-state index in [1.807, 2.05) is 30.3 Å². The van der Waals surface area contributed by atoms with E-state index in [4.69, 9.17) is 33.7 Å². The summed E-state index contributed by atoms with van der Waals surface area (Å²) >= 11 is 11.8. The van der Waals surface area contributed by atoms with Crippen LogP contribution in [-0.4, -0.2) is 11.9 Å². The van der Waals surface area contributed by atoms with Crippen LogP contribution in [-0.2, 0) is 16.0 Å². The van der Waals surface area contributed by atoms with Crippen LogP contribution in [0.5, 0.6) is 0 Å². The zero-order valence-corrected chi connectivity index (χ0v) is 13.7. The molecule has 23 heavy (non-hydrogen) atoms. The van der Waals surface area contributed by atoms with Crippen LogP contribution < -0.4 is 5.73 Å². The first-order chi connectivity index (χ1) is 11.0. The molecule has 0 atom stereocenters. The van der Waals surface area contributed by atoms with E-state index in [1.165, 1.54) is 12.1 Å². The smallest absolute Gasteiger partial charge is 0.347 e. The van der Waals surface area contributed by atoms with E-state index in [0.29, 0.717) is 6.42 Å². The highest BCUT2D eigenvalue weighted by molar-refractivity contribution is 6.38. The molecule has 6 heteroatoms. The molecule has 0 fully saturated rings. The van der Waals surface area contributed by atoms with Gasteiger partial charge in [-0.05, 0) is 30.5 Å². The van der Waals surface area contributed by atoms with Crippen molar-refractivity contribution in [3.63, 3.8) is 0 Å². The number of hydrogen-bond donors (Lipinski definition) is 1. The minimum Gasteiger partial charge on any atom is -0.397 e. The molecule has 0 bridgehead atoms. The lowest BCUT2D eigenvalue weighted by Crippen LogP contribution is -2.13. The zero-order valence-electron chi connectivity index (χ0n) is 12.2. The lowest BCUT2D eigenvalue weighted by atomic mass is 10.1. The summed E-state index contributed by atoms with van der Waals surface area (Å²) in [6.45, 7) is 0. The van der Waals surface area contributed by atoms with Gasteiger partial charge < -0.3 is 10.5 Å². The first-order valence-corrected chi connectivity index (χ1v) is 7.76. The van der Waals surface area contributed by atoms with Crippen molar-refractivity contribution >= 4 is 40.8 Å². The van der Waals surface area contributed by atoms with Crippen molar-refractivity contribution in [2.45, 2.75) is 19.3 Å². The summed E-state index contributed by atoms with van der Waals surface area (Å²) < 4.78 is 4.79. The zero-order chi connectivity index (χ0) is 16.8. The van der Waals surface area contributed by atoms with Crippen LogP contribution in [0.15, 0.2) is 42.5 Å². The first kappa shape index (κ1) is 17.3. The van der Waals surface area contributed by atoms with Crippen LogP contribution in [0, 0.1) is 0 Å².